The van der Waals surface area contributed by atoms with E-state index in [1.54, 1.807) is 18.2 Å². The van der Waals surface area contributed by atoms with E-state index in [1.807, 2.05) is 30.3 Å². The van der Waals surface area contributed by atoms with Crippen LogP contribution in [0.25, 0.3) is 0 Å². The highest BCUT2D eigenvalue weighted by Crippen LogP contribution is 2.23. The van der Waals surface area contributed by atoms with Gasteiger partial charge in [-0.15, -0.1) is 12.6 Å². The van der Waals surface area contributed by atoms with Crippen LogP contribution >= 0.6 is 28.6 Å². The second kappa shape index (κ2) is 6.60. The number of carbonyl (C=O) groups excluding carboxylic acids is 1. The van der Waals surface area contributed by atoms with Gasteiger partial charge >= 0.3 is 0 Å². The van der Waals surface area contributed by atoms with Crippen molar-refractivity contribution in [2.24, 2.45) is 0 Å². The van der Waals surface area contributed by atoms with E-state index in [4.69, 9.17) is 5.26 Å². The molecule has 2 rings (SSSR count). The van der Waals surface area contributed by atoms with Gasteiger partial charge in [-0.3, -0.25) is 4.79 Å². The number of anilines is 1. The maximum Gasteiger partial charge on any atom is 0.228 e. The van der Waals surface area contributed by atoms with Gasteiger partial charge < -0.3 is 5.32 Å². The molecule has 0 saturated heterocycles. The number of thiol groups is 1. The predicted molar refractivity (Wildman–Crippen MR) is 84.9 cm³/mol. The highest BCUT2D eigenvalue weighted by Gasteiger charge is 2.07. The Labute approximate surface area is 131 Å². The maximum atomic E-state index is 12.0. The van der Waals surface area contributed by atoms with Gasteiger partial charge in [-0.2, -0.15) is 5.26 Å². The predicted octanol–water partition coefficient (Wildman–Crippen LogP) is 3.79. The summed E-state index contributed by atoms with van der Waals surface area (Å²) in [5.74, 6) is -0.109. The molecule has 5 heteroatoms. The third-order valence-corrected chi connectivity index (χ3v) is 3.63. The van der Waals surface area contributed by atoms with E-state index in [0.29, 0.717) is 22.1 Å². The summed E-state index contributed by atoms with van der Waals surface area (Å²) in [5, 5.41) is 11.6. The molecule has 20 heavy (non-hydrogen) atoms. The van der Waals surface area contributed by atoms with Gasteiger partial charge in [0.1, 0.15) is 0 Å². The fourth-order valence-electron chi connectivity index (χ4n) is 1.68. The summed E-state index contributed by atoms with van der Waals surface area (Å²) in [6.07, 6.45) is 0.292. The molecular weight excluding hydrogens is 336 g/mol. The number of benzene rings is 2. The Morgan fingerprint density at radius 1 is 1.25 bits per heavy atom. The number of rotatable bonds is 3. The van der Waals surface area contributed by atoms with Gasteiger partial charge in [0.05, 0.1) is 23.7 Å². The Morgan fingerprint density at radius 3 is 2.55 bits per heavy atom. The molecule has 2 aromatic carbocycles. The summed E-state index contributed by atoms with van der Waals surface area (Å²) in [4.78, 5) is 12.8. The summed E-state index contributed by atoms with van der Waals surface area (Å²) in [6.45, 7) is 0. The molecule has 0 aromatic heterocycles. The Balaban J connectivity index is 2.05. The highest BCUT2D eigenvalue weighted by atomic mass is 79.9. The molecule has 1 amide bonds. The maximum absolute atomic E-state index is 12.0. The van der Waals surface area contributed by atoms with Gasteiger partial charge in [0, 0.05) is 9.37 Å². The molecule has 0 aliphatic rings. The number of carbonyl (C=O) groups is 1. The molecule has 0 radical (unpaired) electrons. The normalized spacial score (nSPS) is 9.85. The standard InChI is InChI=1S/C15H11BrN2OS/c16-13-7-11(9-17)3-6-14(13)18-15(19)8-10-1-4-12(20)5-2-10/h1-7,20H,8H2,(H,18,19). The molecule has 0 aliphatic carbocycles. The van der Waals surface area contributed by atoms with Crippen molar-refractivity contribution in [3.05, 3.63) is 58.1 Å². The Bertz CT molecular complexity index is 677. The molecular formula is C15H11BrN2OS. The number of nitrogens with zero attached hydrogens (tertiary/aromatic N) is 1. The zero-order valence-corrected chi connectivity index (χ0v) is 12.9. The average Bonchev–Trinajstić information content (AvgIpc) is 2.43. The van der Waals surface area contributed by atoms with Crippen LogP contribution < -0.4 is 5.32 Å². The van der Waals surface area contributed by atoms with Gasteiger partial charge in [-0.05, 0) is 51.8 Å². The van der Waals surface area contributed by atoms with E-state index in [-0.39, 0.29) is 5.91 Å². The number of halogens is 1. The minimum absolute atomic E-state index is 0.109. The molecule has 0 aliphatic heterocycles. The van der Waals surface area contributed by atoms with Crippen LogP contribution in [0.15, 0.2) is 51.8 Å². The molecule has 100 valence electrons. The van der Waals surface area contributed by atoms with Crippen LogP contribution in [0, 0.1) is 11.3 Å². The molecule has 0 fully saturated rings. The third kappa shape index (κ3) is 3.86. The fourth-order valence-corrected chi connectivity index (χ4v) is 2.31. The number of hydrogen-bond donors (Lipinski definition) is 2. The van der Waals surface area contributed by atoms with Crippen molar-refractivity contribution in [3.63, 3.8) is 0 Å². The second-order valence-electron chi connectivity index (χ2n) is 4.20. The zero-order chi connectivity index (χ0) is 14.5. The van der Waals surface area contributed by atoms with Crippen LogP contribution in [-0.4, -0.2) is 5.91 Å². The largest absolute Gasteiger partial charge is 0.325 e. The quantitative estimate of drug-likeness (QED) is 0.830. The monoisotopic (exact) mass is 346 g/mol. The van der Waals surface area contributed by atoms with Gasteiger partial charge in [-0.25, -0.2) is 0 Å². The van der Waals surface area contributed by atoms with Crippen LogP contribution in [0.1, 0.15) is 11.1 Å². The van der Waals surface area contributed by atoms with Crippen LogP contribution in [-0.2, 0) is 11.2 Å². The first-order valence-electron chi connectivity index (χ1n) is 5.86. The van der Waals surface area contributed by atoms with Crippen molar-refractivity contribution in [3.8, 4) is 6.07 Å². The minimum atomic E-state index is -0.109. The number of amides is 1. The van der Waals surface area contributed by atoms with Crippen molar-refractivity contribution in [2.75, 3.05) is 5.32 Å². The van der Waals surface area contributed by atoms with Gasteiger partial charge in [0.15, 0.2) is 0 Å². The first-order chi connectivity index (χ1) is 9.58. The summed E-state index contributed by atoms with van der Waals surface area (Å²) < 4.78 is 0.690. The average molecular weight is 347 g/mol. The molecule has 1 N–H and O–H groups in total. The third-order valence-electron chi connectivity index (χ3n) is 2.67. The summed E-state index contributed by atoms with van der Waals surface area (Å²) in [7, 11) is 0. The van der Waals surface area contributed by atoms with Crippen LogP contribution in [0.4, 0.5) is 5.69 Å². The minimum Gasteiger partial charge on any atom is -0.325 e. The lowest BCUT2D eigenvalue weighted by molar-refractivity contribution is -0.115. The topological polar surface area (TPSA) is 52.9 Å². The van der Waals surface area contributed by atoms with E-state index in [9.17, 15) is 4.79 Å². The zero-order valence-electron chi connectivity index (χ0n) is 10.4. The Hall–Kier alpha value is -1.77. The molecule has 0 unspecified atom stereocenters. The lowest BCUT2D eigenvalue weighted by atomic mass is 10.1. The fraction of sp³-hybridized carbons (Fsp3) is 0.0667. The second-order valence-corrected chi connectivity index (χ2v) is 5.57. The van der Waals surface area contributed by atoms with Crippen LogP contribution in [0.3, 0.4) is 0 Å². The SMILES string of the molecule is N#Cc1ccc(NC(=O)Cc2ccc(S)cc2)c(Br)c1. The molecule has 2 aromatic rings. The first kappa shape index (κ1) is 14.6. The van der Waals surface area contributed by atoms with Crippen molar-refractivity contribution in [2.45, 2.75) is 11.3 Å². The van der Waals surface area contributed by atoms with E-state index in [1.165, 1.54) is 0 Å². The van der Waals surface area contributed by atoms with Gasteiger partial charge in [0.25, 0.3) is 0 Å². The molecule has 0 heterocycles. The van der Waals surface area contributed by atoms with Crippen molar-refractivity contribution < 1.29 is 4.79 Å². The first-order valence-corrected chi connectivity index (χ1v) is 7.10. The molecule has 0 atom stereocenters. The van der Waals surface area contributed by atoms with E-state index >= 15 is 0 Å². The van der Waals surface area contributed by atoms with E-state index in [2.05, 4.69) is 33.9 Å². The summed E-state index contributed by atoms with van der Waals surface area (Å²) in [6, 6.07) is 14.5. The van der Waals surface area contributed by atoms with E-state index in [0.717, 1.165) is 10.5 Å². The number of nitrogens with one attached hydrogen (secondary N) is 1. The molecule has 3 nitrogen and oxygen atoms in total. The molecule has 0 bridgehead atoms. The highest BCUT2D eigenvalue weighted by molar-refractivity contribution is 9.10. The number of hydrogen-bond acceptors (Lipinski definition) is 3. The van der Waals surface area contributed by atoms with Crippen molar-refractivity contribution >= 4 is 40.2 Å². The Kier molecular flexibility index (Phi) is 4.83. The van der Waals surface area contributed by atoms with Crippen molar-refractivity contribution in [1.29, 1.82) is 5.26 Å². The smallest absolute Gasteiger partial charge is 0.228 e. The number of nitriles is 1. The van der Waals surface area contributed by atoms with Crippen LogP contribution in [0.5, 0.6) is 0 Å². The summed E-state index contributed by atoms with van der Waals surface area (Å²) in [5.41, 5.74) is 2.11. The molecule has 0 spiro atoms. The lowest BCUT2D eigenvalue weighted by Crippen LogP contribution is -2.14. The van der Waals surface area contributed by atoms with Gasteiger partial charge in [-0.1, -0.05) is 12.1 Å². The van der Waals surface area contributed by atoms with Crippen LogP contribution in [0.2, 0.25) is 0 Å². The Morgan fingerprint density at radius 2 is 1.95 bits per heavy atom. The lowest BCUT2D eigenvalue weighted by Gasteiger charge is -2.08. The van der Waals surface area contributed by atoms with Crippen molar-refractivity contribution in [1.82, 2.24) is 0 Å². The van der Waals surface area contributed by atoms with E-state index < -0.39 is 0 Å². The van der Waals surface area contributed by atoms with Gasteiger partial charge in [0.2, 0.25) is 5.91 Å². The summed E-state index contributed by atoms with van der Waals surface area (Å²) >= 11 is 7.54. The molecule has 0 saturated carbocycles.